The zero-order valence-electron chi connectivity index (χ0n) is 17.3. The van der Waals surface area contributed by atoms with Gasteiger partial charge in [0.15, 0.2) is 11.6 Å². The maximum atomic E-state index is 12.7. The van der Waals surface area contributed by atoms with E-state index in [0.717, 1.165) is 24.0 Å². The number of carbonyl (C=O) groups excluding carboxylic acids is 2. The first-order chi connectivity index (χ1) is 14.1. The molecule has 0 bridgehead atoms. The second kappa shape index (κ2) is 12.6. The van der Waals surface area contributed by atoms with Gasteiger partial charge in [0.2, 0.25) is 0 Å². The van der Waals surface area contributed by atoms with Gasteiger partial charge in [0.1, 0.15) is 12.2 Å². The van der Waals surface area contributed by atoms with Crippen molar-refractivity contribution in [1.82, 2.24) is 0 Å². The highest BCUT2D eigenvalue weighted by molar-refractivity contribution is 5.99. The summed E-state index contributed by atoms with van der Waals surface area (Å²) in [6.45, 7) is 4.02. The van der Waals surface area contributed by atoms with Crippen LogP contribution in [0.4, 0.5) is 0 Å². The summed E-state index contributed by atoms with van der Waals surface area (Å²) in [5.74, 6) is -0.201. The average Bonchev–Trinajstić information content (AvgIpc) is 2.76. The van der Waals surface area contributed by atoms with Crippen LogP contribution in [-0.2, 0) is 14.3 Å². The summed E-state index contributed by atoms with van der Waals surface area (Å²) >= 11 is 0. The molecular formula is C26H30O3. The molecule has 0 aliphatic rings. The number of rotatable bonds is 12. The molecular weight excluding hydrogens is 360 g/mol. The van der Waals surface area contributed by atoms with E-state index in [2.05, 4.69) is 0 Å². The Morgan fingerprint density at radius 1 is 0.724 bits per heavy atom. The molecule has 0 saturated carbocycles. The van der Waals surface area contributed by atoms with Crippen LogP contribution in [0.15, 0.2) is 72.8 Å². The van der Waals surface area contributed by atoms with Crippen LogP contribution in [-0.4, -0.2) is 23.8 Å². The van der Waals surface area contributed by atoms with E-state index in [-0.39, 0.29) is 11.6 Å². The molecule has 152 valence electrons. The van der Waals surface area contributed by atoms with Crippen molar-refractivity contribution in [2.75, 3.05) is 0 Å². The van der Waals surface area contributed by atoms with Gasteiger partial charge in [0.25, 0.3) is 0 Å². The van der Waals surface area contributed by atoms with Gasteiger partial charge in [-0.3, -0.25) is 9.59 Å². The van der Waals surface area contributed by atoms with Gasteiger partial charge >= 0.3 is 0 Å². The van der Waals surface area contributed by atoms with Gasteiger partial charge in [-0.1, -0.05) is 99.5 Å². The third kappa shape index (κ3) is 8.00. The number of benzene rings is 2. The third-order valence-electron chi connectivity index (χ3n) is 4.54. The Hall–Kier alpha value is -2.78. The summed E-state index contributed by atoms with van der Waals surface area (Å²) in [6, 6.07) is 19.4. The minimum atomic E-state index is -0.606. The maximum absolute atomic E-state index is 12.7. The molecule has 0 spiro atoms. The molecule has 0 saturated heterocycles. The van der Waals surface area contributed by atoms with Gasteiger partial charge in [-0.05, 0) is 36.1 Å². The van der Waals surface area contributed by atoms with Crippen molar-refractivity contribution in [2.45, 2.75) is 51.7 Å². The molecule has 2 atom stereocenters. The topological polar surface area (TPSA) is 43.4 Å². The summed E-state index contributed by atoms with van der Waals surface area (Å²) in [4.78, 5) is 25.4. The monoisotopic (exact) mass is 390 g/mol. The van der Waals surface area contributed by atoms with Crippen molar-refractivity contribution in [2.24, 2.45) is 0 Å². The van der Waals surface area contributed by atoms with Crippen LogP contribution in [0.2, 0.25) is 0 Å². The van der Waals surface area contributed by atoms with Crippen molar-refractivity contribution >= 4 is 23.7 Å². The molecule has 3 heteroatoms. The van der Waals surface area contributed by atoms with Crippen LogP contribution < -0.4 is 0 Å². The molecule has 0 fully saturated rings. The highest BCUT2D eigenvalue weighted by atomic mass is 16.5. The normalized spacial score (nSPS) is 13.6. The molecule has 29 heavy (non-hydrogen) atoms. The highest BCUT2D eigenvalue weighted by Crippen LogP contribution is 2.15. The van der Waals surface area contributed by atoms with Crippen LogP contribution in [0.25, 0.3) is 12.2 Å². The molecule has 0 N–H and O–H groups in total. The lowest BCUT2D eigenvalue weighted by Crippen LogP contribution is -2.32. The first kappa shape index (κ1) is 22.5. The van der Waals surface area contributed by atoms with Crippen molar-refractivity contribution in [3.8, 4) is 0 Å². The quantitative estimate of drug-likeness (QED) is 0.423. The zero-order chi connectivity index (χ0) is 20.9. The molecule has 0 aromatic heterocycles. The number of hydrogen-bond donors (Lipinski definition) is 0. The number of ether oxygens (including phenoxy) is 1. The van der Waals surface area contributed by atoms with E-state index in [1.807, 2.05) is 74.5 Å². The fraction of sp³-hybridized carbons (Fsp3) is 0.308. The van der Waals surface area contributed by atoms with E-state index in [1.54, 1.807) is 24.3 Å². The highest BCUT2D eigenvalue weighted by Gasteiger charge is 2.24. The lowest BCUT2D eigenvalue weighted by Gasteiger charge is -2.21. The predicted octanol–water partition coefficient (Wildman–Crippen LogP) is 5.91. The molecule has 0 heterocycles. The van der Waals surface area contributed by atoms with Crippen molar-refractivity contribution in [3.05, 3.63) is 83.9 Å². The van der Waals surface area contributed by atoms with Gasteiger partial charge in [-0.15, -0.1) is 0 Å². The van der Waals surface area contributed by atoms with E-state index in [0.29, 0.717) is 12.8 Å². The van der Waals surface area contributed by atoms with E-state index in [4.69, 9.17) is 4.74 Å². The van der Waals surface area contributed by atoms with Gasteiger partial charge in [0, 0.05) is 0 Å². The average molecular weight is 391 g/mol. The summed E-state index contributed by atoms with van der Waals surface area (Å²) < 4.78 is 6.03. The van der Waals surface area contributed by atoms with Crippen molar-refractivity contribution < 1.29 is 14.3 Å². The van der Waals surface area contributed by atoms with Crippen molar-refractivity contribution in [3.63, 3.8) is 0 Å². The SMILES string of the molecule is CCCC(OC(CCC)C(=O)C=Cc1ccccc1)C(=O)C=Cc1ccccc1. The second-order valence-electron chi connectivity index (χ2n) is 6.98. The fourth-order valence-corrected chi connectivity index (χ4v) is 2.98. The van der Waals surface area contributed by atoms with Crippen LogP contribution >= 0.6 is 0 Å². The summed E-state index contributed by atoms with van der Waals surface area (Å²) in [5, 5.41) is 0. The Bertz CT molecular complexity index is 737. The zero-order valence-corrected chi connectivity index (χ0v) is 17.3. The standard InChI is InChI=1S/C26H30O3/c1-3-11-25(23(27)19-17-21-13-7-5-8-14-21)29-26(12-4-2)24(28)20-18-22-15-9-6-10-16-22/h5-10,13-20,25-26H,3-4,11-12H2,1-2H3. The third-order valence-corrected chi connectivity index (χ3v) is 4.54. The fourth-order valence-electron chi connectivity index (χ4n) is 2.98. The Kier molecular flexibility index (Phi) is 9.81. The first-order valence-electron chi connectivity index (χ1n) is 10.3. The minimum absolute atomic E-state index is 0.100. The Labute approximate surface area is 174 Å². The smallest absolute Gasteiger partial charge is 0.184 e. The van der Waals surface area contributed by atoms with E-state index < -0.39 is 12.2 Å². The summed E-state index contributed by atoms with van der Waals surface area (Å²) in [7, 11) is 0. The molecule has 3 nitrogen and oxygen atoms in total. The van der Waals surface area contributed by atoms with Gasteiger partial charge < -0.3 is 4.74 Å². The largest absolute Gasteiger partial charge is 0.359 e. The lowest BCUT2D eigenvalue weighted by atomic mass is 10.1. The molecule has 0 radical (unpaired) electrons. The Morgan fingerprint density at radius 3 is 1.45 bits per heavy atom. The van der Waals surface area contributed by atoms with E-state index >= 15 is 0 Å². The van der Waals surface area contributed by atoms with Gasteiger partial charge in [-0.25, -0.2) is 0 Å². The predicted molar refractivity (Wildman–Crippen MR) is 119 cm³/mol. The van der Waals surface area contributed by atoms with Gasteiger partial charge in [0.05, 0.1) is 0 Å². The minimum Gasteiger partial charge on any atom is -0.359 e. The second-order valence-corrected chi connectivity index (χ2v) is 6.98. The molecule has 2 unspecified atom stereocenters. The summed E-state index contributed by atoms with van der Waals surface area (Å²) in [6.07, 6.45) is 8.29. The van der Waals surface area contributed by atoms with Crippen molar-refractivity contribution in [1.29, 1.82) is 0 Å². The Balaban J connectivity index is 2.07. The lowest BCUT2D eigenvalue weighted by molar-refractivity contribution is -0.139. The number of carbonyl (C=O) groups is 2. The van der Waals surface area contributed by atoms with Crippen LogP contribution in [0, 0.1) is 0 Å². The van der Waals surface area contributed by atoms with Gasteiger partial charge in [-0.2, -0.15) is 0 Å². The molecule has 0 aliphatic carbocycles. The Morgan fingerprint density at radius 2 is 1.10 bits per heavy atom. The van der Waals surface area contributed by atoms with Crippen LogP contribution in [0.1, 0.15) is 50.7 Å². The van der Waals surface area contributed by atoms with E-state index in [1.165, 1.54) is 0 Å². The molecule has 0 amide bonds. The maximum Gasteiger partial charge on any atom is 0.184 e. The van der Waals surface area contributed by atoms with E-state index in [9.17, 15) is 9.59 Å². The van der Waals surface area contributed by atoms with Crippen LogP contribution in [0.3, 0.4) is 0 Å². The number of hydrogen-bond acceptors (Lipinski definition) is 3. The molecule has 0 aliphatic heterocycles. The summed E-state index contributed by atoms with van der Waals surface area (Å²) in [5.41, 5.74) is 1.92. The molecule has 2 aromatic carbocycles. The number of ketones is 2. The first-order valence-corrected chi connectivity index (χ1v) is 10.3. The molecule has 2 rings (SSSR count). The van der Waals surface area contributed by atoms with Crippen LogP contribution in [0.5, 0.6) is 0 Å². The molecule has 2 aromatic rings.